The smallest absolute Gasteiger partial charge is 0.314 e. The minimum Gasteiger partial charge on any atom is -0.437 e. The van der Waals surface area contributed by atoms with Crippen LogP contribution in [0.1, 0.15) is 0 Å². The van der Waals surface area contributed by atoms with Crippen molar-refractivity contribution in [1.29, 1.82) is 0 Å². The third-order valence-corrected chi connectivity index (χ3v) is 20.6. The molecule has 0 amide bonds. The van der Waals surface area contributed by atoms with Gasteiger partial charge in [0.2, 0.25) is 0 Å². The van der Waals surface area contributed by atoms with Crippen LogP contribution in [0.15, 0.2) is 11.2 Å². The molecular formula is C11H30Cl2O4Si5. The molecule has 11 heteroatoms. The molecule has 0 rings (SSSR count). The molecule has 0 bridgehead atoms. The quantitative estimate of drug-likeness (QED) is 0.385. The zero-order chi connectivity index (χ0) is 18.0. The normalized spacial score (nSPS) is 15.8. The molecule has 0 aromatic rings. The van der Waals surface area contributed by atoms with Gasteiger partial charge in [-0.2, -0.15) is 0 Å². The molecule has 0 spiro atoms. The zero-order valence-electron chi connectivity index (χ0n) is 15.2. The average molecular weight is 438 g/mol. The van der Waals surface area contributed by atoms with Crippen LogP contribution >= 0.6 is 22.7 Å². The molecule has 0 aromatic heterocycles. The Morgan fingerprint density at radius 3 is 1.50 bits per heavy atom. The van der Waals surface area contributed by atoms with Crippen molar-refractivity contribution in [2.75, 3.05) is 0 Å². The Balaban J connectivity index is 4.84. The van der Waals surface area contributed by atoms with Crippen molar-refractivity contribution in [3.05, 3.63) is 11.2 Å². The second-order valence-corrected chi connectivity index (χ2v) is 26.9. The largest absolute Gasteiger partial charge is 0.437 e. The van der Waals surface area contributed by atoms with Crippen molar-refractivity contribution in [1.82, 2.24) is 0 Å². The Kier molecular flexibility index (Phi) is 8.54. The molecule has 0 N–H and O–H groups in total. The SMILES string of the molecule is C=C(Cl)[SiH](Cl)O[Si](C)(C)O[Si](C)(C)O[Si](C)(C)O[Si](C)(C)C. The van der Waals surface area contributed by atoms with E-state index in [2.05, 4.69) is 39.3 Å². The molecule has 0 fully saturated rings. The highest BCUT2D eigenvalue weighted by Crippen LogP contribution is 2.25. The van der Waals surface area contributed by atoms with Crippen LogP contribution in [0, 0.1) is 0 Å². The van der Waals surface area contributed by atoms with Gasteiger partial charge in [-0.15, -0.1) is 11.1 Å². The van der Waals surface area contributed by atoms with Gasteiger partial charge in [0.25, 0.3) is 0 Å². The van der Waals surface area contributed by atoms with Crippen LogP contribution in [0.25, 0.3) is 0 Å². The first-order valence-electron chi connectivity index (χ1n) is 7.21. The molecule has 0 aliphatic rings. The summed E-state index contributed by atoms with van der Waals surface area (Å²) in [5, 5.41) is 0. The van der Waals surface area contributed by atoms with E-state index < -0.39 is 42.4 Å². The lowest BCUT2D eigenvalue weighted by Crippen LogP contribution is -2.57. The summed E-state index contributed by atoms with van der Waals surface area (Å²) in [6.07, 6.45) is 0. The van der Waals surface area contributed by atoms with Gasteiger partial charge in [-0.1, -0.05) is 18.2 Å². The van der Waals surface area contributed by atoms with Crippen LogP contribution in [0.2, 0.25) is 58.9 Å². The van der Waals surface area contributed by atoms with Crippen LogP contribution in [0.3, 0.4) is 0 Å². The number of hydrogen-bond donors (Lipinski definition) is 0. The van der Waals surface area contributed by atoms with Crippen LogP contribution in [0.4, 0.5) is 0 Å². The summed E-state index contributed by atoms with van der Waals surface area (Å²) < 4.78 is 25.1. The standard InChI is InChI=1S/C11H30Cl2O4Si5/c1-11(12)18(13)14-20(5,6)16-22(9,10)17-21(7,8)15-19(2,3)4/h18H,1H2,2-10H3. The van der Waals surface area contributed by atoms with Gasteiger partial charge >= 0.3 is 34.0 Å². The average Bonchev–Trinajstić information content (AvgIpc) is 2.06. The Labute approximate surface area is 151 Å². The summed E-state index contributed by atoms with van der Waals surface area (Å²) in [5.74, 6) is 0. The summed E-state index contributed by atoms with van der Waals surface area (Å²) in [7, 11) is -10.8. The summed E-state index contributed by atoms with van der Waals surface area (Å²) >= 11 is 12.0. The lowest BCUT2D eigenvalue weighted by molar-refractivity contribution is 0.303. The van der Waals surface area contributed by atoms with Crippen LogP contribution in [-0.2, 0) is 16.5 Å². The molecule has 4 nitrogen and oxygen atoms in total. The molecule has 22 heavy (non-hydrogen) atoms. The van der Waals surface area contributed by atoms with Crippen LogP contribution in [-0.4, -0.2) is 42.4 Å². The van der Waals surface area contributed by atoms with Gasteiger partial charge < -0.3 is 16.5 Å². The molecule has 0 radical (unpaired) electrons. The van der Waals surface area contributed by atoms with Crippen LogP contribution in [0.5, 0.6) is 0 Å². The van der Waals surface area contributed by atoms with Gasteiger partial charge in [0.05, 0.1) is 0 Å². The molecule has 1 unspecified atom stereocenters. The first-order valence-corrected chi connectivity index (χ1v) is 22.2. The van der Waals surface area contributed by atoms with Gasteiger partial charge in [0.15, 0.2) is 8.32 Å². The molecule has 0 aromatic carbocycles. The predicted molar refractivity (Wildman–Crippen MR) is 108 cm³/mol. The van der Waals surface area contributed by atoms with Gasteiger partial charge in [-0.25, -0.2) is 0 Å². The van der Waals surface area contributed by atoms with Crippen molar-refractivity contribution in [2.45, 2.75) is 58.9 Å². The number of hydrogen-bond acceptors (Lipinski definition) is 4. The second-order valence-electron chi connectivity index (χ2n) is 7.50. The van der Waals surface area contributed by atoms with Crippen LogP contribution < -0.4 is 0 Å². The van der Waals surface area contributed by atoms with Gasteiger partial charge in [0, 0.05) is 4.66 Å². The maximum absolute atomic E-state index is 6.32. The molecule has 0 saturated heterocycles. The molecule has 0 aliphatic heterocycles. The Morgan fingerprint density at radius 1 is 0.773 bits per heavy atom. The molecule has 0 heterocycles. The van der Waals surface area contributed by atoms with Gasteiger partial charge in [0.1, 0.15) is 0 Å². The zero-order valence-corrected chi connectivity index (χ0v) is 21.8. The minimum absolute atomic E-state index is 0.392. The van der Waals surface area contributed by atoms with Crippen molar-refractivity contribution < 1.29 is 16.5 Å². The third kappa shape index (κ3) is 10.9. The van der Waals surface area contributed by atoms with Gasteiger partial charge in [-0.3, -0.25) is 0 Å². The van der Waals surface area contributed by atoms with E-state index in [0.717, 1.165) is 0 Å². The van der Waals surface area contributed by atoms with Gasteiger partial charge in [-0.05, 0) is 58.9 Å². The van der Waals surface area contributed by atoms with E-state index in [9.17, 15) is 0 Å². The first kappa shape index (κ1) is 23.2. The monoisotopic (exact) mass is 436 g/mol. The first-order chi connectivity index (χ1) is 9.45. The maximum atomic E-state index is 6.32. The summed E-state index contributed by atoms with van der Waals surface area (Å²) in [6, 6.07) is 0. The van der Waals surface area contributed by atoms with E-state index >= 15 is 0 Å². The lowest BCUT2D eigenvalue weighted by Gasteiger charge is -2.40. The Bertz CT molecular complexity index is 398. The van der Waals surface area contributed by atoms with E-state index in [4.69, 9.17) is 39.1 Å². The number of halogens is 2. The molecule has 0 aliphatic carbocycles. The Morgan fingerprint density at radius 2 is 1.14 bits per heavy atom. The predicted octanol–water partition coefficient (Wildman–Crippen LogP) is 4.74. The molecule has 132 valence electrons. The van der Waals surface area contributed by atoms with Crippen molar-refractivity contribution in [2.24, 2.45) is 0 Å². The fraction of sp³-hybridized carbons (Fsp3) is 0.818. The fourth-order valence-corrected chi connectivity index (χ4v) is 24.2. The highest BCUT2D eigenvalue weighted by Gasteiger charge is 2.44. The van der Waals surface area contributed by atoms with E-state index in [-0.39, 0.29) is 0 Å². The fourth-order valence-electron chi connectivity index (χ4n) is 2.30. The summed E-state index contributed by atoms with van der Waals surface area (Å²) in [4.78, 5) is 0. The van der Waals surface area contributed by atoms with Crippen molar-refractivity contribution in [3.8, 4) is 0 Å². The van der Waals surface area contributed by atoms with E-state index in [1.807, 2.05) is 26.2 Å². The molecular weight excluding hydrogens is 407 g/mol. The maximum Gasteiger partial charge on any atom is 0.314 e. The Hall–Kier alpha value is 1.24. The highest BCUT2D eigenvalue weighted by molar-refractivity contribution is 7.13. The second kappa shape index (κ2) is 8.08. The molecule has 0 saturated carbocycles. The highest BCUT2D eigenvalue weighted by atomic mass is 35.6. The minimum atomic E-state index is -2.42. The van der Waals surface area contributed by atoms with E-state index in [0.29, 0.717) is 4.66 Å². The van der Waals surface area contributed by atoms with E-state index in [1.165, 1.54) is 0 Å². The van der Waals surface area contributed by atoms with E-state index in [1.54, 1.807) is 0 Å². The molecule has 1 atom stereocenters. The topological polar surface area (TPSA) is 36.9 Å². The lowest BCUT2D eigenvalue weighted by atomic mass is 11.3. The third-order valence-electron chi connectivity index (χ3n) is 2.17. The summed E-state index contributed by atoms with van der Waals surface area (Å²) in [6.45, 7) is 22.2. The summed E-state index contributed by atoms with van der Waals surface area (Å²) in [5.41, 5.74) is 0. The van der Waals surface area contributed by atoms with Crippen molar-refractivity contribution in [3.63, 3.8) is 0 Å². The number of rotatable bonds is 9. The van der Waals surface area contributed by atoms with Crippen molar-refractivity contribution >= 4 is 65.0 Å².